The Kier molecular flexibility index (Phi) is 4.27. The highest BCUT2D eigenvalue weighted by atomic mass is 15.4. The summed E-state index contributed by atoms with van der Waals surface area (Å²) in [6, 6.07) is 7.91. The highest BCUT2D eigenvalue weighted by molar-refractivity contribution is 5.45. The van der Waals surface area contributed by atoms with Crippen molar-refractivity contribution in [3.8, 4) is 0 Å². The summed E-state index contributed by atoms with van der Waals surface area (Å²) < 4.78 is 1.90. The maximum atomic E-state index is 4.68. The predicted molar refractivity (Wildman–Crippen MR) is 94.4 cm³/mol. The lowest BCUT2D eigenvalue weighted by molar-refractivity contribution is 0.198. The summed E-state index contributed by atoms with van der Waals surface area (Å²) in [6.07, 6.45) is 3.81. The highest BCUT2D eigenvalue weighted by Gasteiger charge is 2.25. The second-order valence-electron chi connectivity index (χ2n) is 6.68. The lowest BCUT2D eigenvalue weighted by Crippen LogP contribution is -2.33. The number of hydrogen-bond acceptors (Lipinski definition) is 7. The van der Waals surface area contributed by atoms with Crippen LogP contribution in [0.25, 0.3) is 5.65 Å². The first-order valence-electron chi connectivity index (χ1n) is 8.59. The monoisotopic (exact) mass is 338 g/mol. The third-order valence-electron chi connectivity index (χ3n) is 4.70. The average Bonchev–Trinajstić information content (AvgIpc) is 3.06. The van der Waals surface area contributed by atoms with Crippen molar-refractivity contribution in [2.45, 2.75) is 25.3 Å². The molecule has 3 aromatic heterocycles. The standard InChI is InChI=1S/C17H22N8/c1-23(2)16-6-5-15-20-21-17(25(15)22-16)13-7-10-24(11-8-13)12-14-4-3-9-18-19-14/h3-6,9,13H,7-8,10-12H2,1-2H3. The largest absolute Gasteiger partial charge is 0.361 e. The molecule has 4 rings (SSSR count). The van der Waals surface area contributed by atoms with Gasteiger partial charge in [0.15, 0.2) is 11.5 Å². The van der Waals surface area contributed by atoms with E-state index in [0.29, 0.717) is 5.92 Å². The van der Waals surface area contributed by atoms with Crippen molar-refractivity contribution < 1.29 is 0 Å². The van der Waals surface area contributed by atoms with E-state index >= 15 is 0 Å². The van der Waals surface area contributed by atoms with E-state index in [9.17, 15) is 0 Å². The van der Waals surface area contributed by atoms with E-state index in [1.807, 2.05) is 47.8 Å². The summed E-state index contributed by atoms with van der Waals surface area (Å²) in [5, 5.41) is 21.5. The molecular weight excluding hydrogens is 316 g/mol. The van der Waals surface area contributed by atoms with Crippen molar-refractivity contribution in [2.75, 3.05) is 32.1 Å². The van der Waals surface area contributed by atoms with Gasteiger partial charge in [0, 0.05) is 32.8 Å². The van der Waals surface area contributed by atoms with Gasteiger partial charge < -0.3 is 4.90 Å². The van der Waals surface area contributed by atoms with Crippen LogP contribution in [0.5, 0.6) is 0 Å². The zero-order valence-electron chi connectivity index (χ0n) is 14.6. The number of aromatic nitrogens is 6. The molecule has 0 radical (unpaired) electrons. The van der Waals surface area contributed by atoms with Crippen molar-refractivity contribution >= 4 is 11.5 Å². The van der Waals surface area contributed by atoms with Gasteiger partial charge in [0.05, 0.1) is 5.69 Å². The van der Waals surface area contributed by atoms with Crippen LogP contribution in [0.15, 0.2) is 30.5 Å². The van der Waals surface area contributed by atoms with E-state index in [1.54, 1.807) is 6.20 Å². The maximum absolute atomic E-state index is 4.68. The van der Waals surface area contributed by atoms with Crippen molar-refractivity contribution in [3.05, 3.63) is 42.0 Å². The Labute approximate surface area is 146 Å². The van der Waals surface area contributed by atoms with Gasteiger partial charge in [0.25, 0.3) is 0 Å². The molecule has 0 saturated carbocycles. The van der Waals surface area contributed by atoms with Gasteiger partial charge >= 0.3 is 0 Å². The molecule has 0 aromatic carbocycles. The highest BCUT2D eigenvalue weighted by Crippen LogP contribution is 2.27. The molecule has 1 aliphatic rings. The second-order valence-corrected chi connectivity index (χ2v) is 6.68. The second kappa shape index (κ2) is 6.72. The Morgan fingerprint density at radius 2 is 1.92 bits per heavy atom. The summed E-state index contributed by atoms with van der Waals surface area (Å²) in [7, 11) is 3.98. The van der Waals surface area contributed by atoms with Crippen LogP contribution in [0.4, 0.5) is 5.82 Å². The van der Waals surface area contributed by atoms with Crippen LogP contribution in [-0.2, 0) is 6.54 Å². The van der Waals surface area contributed by atoms with Crippen LogP contribution in [-0.4, -0.2) is 62.1 Å². The molecule has 0 bridgehead atoms. The zero-order valence-corrected chi connectivity index (χ0v) is 14.6. The Morgan fingerprint density at radius 1 is 1.08 bits per heavy atom. The van der Waals surface area contributed by atoms with Crippen LogP contribution < -0.4 is 4.90 Å². The predicted octanol–water partition coefficient (Wildman–Crippen LogP) is 1.36. The molecule has 4 heterocycles. The molecule has 25 heavy (non-hydrogen) atoms. The quantitative estimate of drug-likeness (QED) is 0.711. The van der Waals surface area contributed by atoms with Crippen molar-refractivity contribution in [1.82, 2.24) is 34.9 Å². The fraction of sp³-hybridized carbons (Fsp3) is 0.471. The fourth-order valence-corrected chi connectivity index (χ4v) is 3.29. The van der Waals surface area contributed by atoms with Crippen molar-refractivity contribution in [2.24, 2.45) is 0 Å². The molecule has 130 valence electrons. The number of likely N-dealkylation sites (tertiary alicyclic amines) is 1. The SMILES string of the molecule is CN(C)c1ccc2nnc(C3CCN(Cc4cccnn4)CC3)n2n1. The number of fused-ring (bicyclic) bond motifs is 1. The molecule has 0 amide bonds. The molecule has 0 N–H and O–H groups in total. The molecule has 1 aliphatic heterocycles. The minimum absolute atomic E-state index is 0.387. The van der Waals surface area contributed by atoms with Crippen LogP contribution in [0.2, 0.25) is 0 Å². The van der Waals surface area contributed by atoms with Crippen molar-refractivity contribution in [1.29, 1.82) is 0 Å². The summed E-state index contributed by atoms with van der Waals surface area (Å²) in [5.74, 6) is 2.27. The first-order chi connectivity index (χ1) is 12.2. The third kappa shape index (κ3) is 3.30. The zero-order chi connectivity index (χ0) is 17.2. The van der Waals surface area contributed by atoms with E-state index in [4.69, 9.17) is 0 Å². The first kappa shape index (κ1) is 15.9. The van der Waals surface area contributed by atoms with Gasteiger partial charge in [0.2, 0.25) is 0 Å². The van der Waals surface area contributed by atoms with Crippen LogP contribution in [0.1, 0.15) is 30.3 Å². The molecule has 0 aliphatic carbocycles. The van der Waals surface area contributed by atoms with Gasteiger partial charge in [-0.15, -0.1) is 15.3 Å². The molecule has 8 heteroatoms. The molecule has 0 atom stereocenters. The first-order valence-corrected chi connectivity index (χ1v) is 8.59. The number of hydrogen-bond donors (Lipinski definition) is 0. The number of nitrogens with zero attached hydrogens (tertiary/aromatic N) is 8. The summed E-state index contributed by atoms with van der Waals surface area (Å²) in [4.78, 5) is 4.41. The summed E-state index contributed by atoms with van der Waals surface area (Å²) >= 11 is 0. The topological polar surface area (TPSA) is 75.3 Å². The minimum atomic E-state index is 0.387. The molecule has 1 saturated heterocycles. The Balaban J connectivity index is 1.47. The Morgan fingerprint density at radius 3 is 2.64 bits per heavy atom. The molecule has 8 nitrogen and oxygen atoms in total. The number of piperidine rings is 1. The summed E-state index contributed by atoms with van der Waals surface area (Å²) in [6.45, 7) is 2.89. The van der Waals surface area contributed by atoms with Gasteiger partial charge in [-0.3, -0.25) is 4.90 Å². The fourth-order valence-electron chi connectivity index (χ4n) is 3.29. The maximum Gasteiger partial charge on any atom is 0.178 e. The van der Waals surface area contributed by atoms with E-state index in [2.05, 4.69) is 30.4 Å². The van der Waals surface area contributed by atoms with Gasteiger partial charge in [-0.25, -0.2) is 0 Å². The molecular formula is C17H22N8. The minimum Gasteiger partial charge on any atom is -0.361 e. The van der Waals surface area contributed by atoms with Crippen LogP contribution >= 0.6 is 0 Å². The van der Waals surface area contributed by atoms with E-state index in [0.717, 1.165) is 55.5 Å². The van der Waals surface area contributed by atoms with Crippen LogP contribution in [0, 0.1) is 0 Å². The van der Waals surface area contributed by atoms with E-state index in [1.165, 1.54) is 0 Å². The average molecular weight is 338 g/mol. The molecule has 0 spiro atoms. The third-order valence-corrected chi connectivity index (χ3v) is 4.70. The van der Waals surface area contributed by atoms with Crippen LogP contribution in [0.3, 0.4) is 0 Å². The lowest BCUT2D eigenvalue weighted by atomic mass is 9.96. The normalized spacial score (nSPS) is 16.4. The lowest BCUT2D eigenvalue weighted by Gasteiger charge is -2.30. The number of rotatable bonds is 4. The van der Waals surface area contributed by atoms with Gasteiger partial charge in [0.1, 0.15) is 5.82 Å². The van der Waals surface area contributed by atoms with E-state index < -0.39 is 0 Å². The van der Waals surface area contributed by atoms with Crippen molar-refractivity contribution in [3.63, 3.8) is 0 Å². The van der Waals surface area contributed by atoms with E-state index in [-0.39, 0.29) is 0 Å². The molecule has 3 aromatic rings. The Bertz CT molecular complexity index is 836. The number of anilines is 1. The Hall–Kier alpha value is -2.61. The van der Waals surface area contributed by atoms with Gasteiger partial charge in [-0.2, -0.15) is 14.7 Å². The smallest absolute Gasteiger partial charge is 0.178 e. The van der Waals surface area contributed by atoms with Gasteiger partial charge in [-0.05, 0) is 50.2 Å². The molecule has 0 unspecified atom stereocenters. The molecule has 1 fully saturated rings. The van der Waals surface area contributed by atoms with Gasteiger partial charge in [-0.1, -0.05) is 0 Å². The summed E-state index contributed by atoms with van der Waals surface area (Å²) in [5.41, 5.74) is 1.83.